The fourth-order valence-corrected chi connectivity index (χ4v) is 1.88. The van der Waals surface area contributed by atoms with Gasteiger partial charge in [-0.25, -0.2) is 0 Å². The molecule has 0 heterocycles. The molecule has 60 valence electrons. The van der Waals surface area contributed by atoms with Crippen LogP contribution >= 0.6 is 22.8 Å². The molecule has 1 aromatic rings. The molecule has 0 aliphatic carbocycles. The van der Waals surface area contributed by atoms with Crippen molar-refractivity contribution < 1.29 is 5.11 Å². The molecule has 1 rings (SSSR count). The van der Waals surface area contributed by atoms with Gasteiger partial charge in [0.2, 0.25) is 0 Å². The molecule has 11 heavy (non-hydrogen) atoms. The summed E-state index contributed by atoms with van der Waals surface area (Å²) < 4.78 is 1.06. The first kappa shape index (κ1) is 10.9. The normalized spacial score (nSPS) is 9.09. The van der Waals surface area contributed by atoms with E-state index in [1.165, 1.54) is 0 Å². The van der Waals surface area contributed by atoms with Crippen LogP contribution < -0.4 is 10.1 Å². The summed E-state index contributed by atoms with van der Waals surface area (Å²) in [5.41, 5.74) is 5.83. The molecule has 0 saturated heterocycles. The summed E-state index contributed by atoms with van der Waals surface area (Å²) in [6, 6.07) is 5.10. The number of hydrogen-bond donors (Lipinski definition) is 2. The Morgan fingerprint density at radius 3 is 2.55 bits per heavy atom. The second kappa shape index (κ2) is 4.70. The number of anilines is 1. The monoisotopic (exact) mass is 251 g/mol. The standard InChI is InChI=1S/C6H6AsNOS.ClH/c8-5-3-4(7-10)1-2-6(5)9;/h1-3,9H,8H2;1H. The van der Waals surface area contributed by atoms with Crippen LogP contribution in [0.2, 0.25) is 0 Å². The molecular weight excluding hydrogens is 245 g/mol. The molecule has 0 fully saturated rings. The fourth-order valence-electron chi connectivity index (χ4n) is 0.599. The van der Waals surface area contributed by atoms with Crippen LogP contribution in [0.4, 0.5) is 5.69 Å². The predicted molar refractivity (Wildman–Crippen MR) is 52.7 cm³/mol. The number of aromatic hydroxyl groups is 1. The van der Waals surface area contributed by atoms with Gasteiger partial charge in [0.15, 0.2) is 0 Å². The summed E-state index contributed by atoms with van der Waals surface area (Å²) in [6.45, 7) is 0. The van der Waals surface area contributed by atoms with Crippen LogP contribution in [-0.2, 0) is 0 Å². The minimum atomic E-state index is -0.201. The molecule has 0 aromatic heterocycles. The van der Waals surface area contributed by atoms with E-state index >= 15 is 0 Å². The van der Waals surface area contributed by atoms with Gasteiger partial charge in [-0.2, -0.15) is 0 Å². The molecule has 0 radical (unpaired) electrons. The topological polar surface area (TPSA) is 46.2 Å². The van der Waals surface area contributed by atoms with E-state index in [9.17, 15) is 0 Å². The number of halogens is 1. The van der Waals surface area contributed by atoms with Gasteiger partial charge in [0.25, 0.3) is 0 Å². The van der Waals surface area contributed by atoms with Gasteiger partial charge in [-0.3, -0.25) is 0 Å². The minimum absolute atomic E-state index is 0. The van der Waals surface area contributed by atoms with Gasteiger partial charge in [-0.1, -0.05) is 0 Å². The predicted octanol–water partition coefficient (Wildman–Crippen LogP) is 0.838. The average molecular weight is 252 g/mol. The van der Waals surface area contributed by atoms with Crippen molar-refractivity contribution in [2.24, 2.45) is 0 Å². The van der Waals surface area contributed by atoms with Crippen LogP contribution in [0.3, 0.4) is 0 Å². The zero-order valence-electron chi connectivity index (χ0n) is 5.52. The van der Waals surface area contributed by atoms with Crippen molar-refractivity contribution in [1.82, 2.24) is 0 Å². The Morgan fingerprint density at radius 1 is 1.45 bits per heavy atom. The molecule has 2 nitrogen and oxygen atoms in total. The Morgan fingerprint density at radius 2 is 2.09 bits per heavy atom. The maximum atomic E-state index is 8.99. The van der Waals surface area contributed by atoms with Crippen LogP contribution in [0.1, 0.15) is 0 Å². The molecule has 0 aliphatic heterocycles. The molecular formula is C6H7AsClNOS. The Balaban J connectivity index is 0.000001000. The molecule has 0 atom stereocenters. The van der Waals surface area contributed by atoms with Crippen LogP contribution in [-0.4, -0.2) is 19.2 Å². The van der Waals surface area contributed by atoms with Gasteiger partial charge < -0.3 is 0 Å². The van der Waals surface area contributed by atoms with E-state index in [-0.39, 0.29) is 32.2 Å². The quantitative estimate of drug-likeness (QED) is 0.442. The van der Waals surface area contributed by atoms with E-state index in [1.807, 2.05) is 0 Å². The van der Waals surface area contributed by atoms with Crippen molar-refractivity contribution in [1.29, 1.82) is 0 Å². The molecule has 5 heteroatoms. The molecule has 0 amide bonds. The Kier molecular flexibility index (Phi) is 4.66. The first-order chi connectivity index (χ1) is 4.74. The van der Waals surface area contributed by atoms with E-state index in [1.54, 1.807) is 18.2 Å². The molecule has 0 aliphatic rings. The van der Waals surface area contributed by atoms with Crippen LogP contribution in [0.5, 0.6) is 5.75 Å². The molecule has 0 saturated carbocycles. The Bertz CT molecular complexity index is 269. The van der Waals surface area contributed by atoms with Crippen LogP contribution in [0.15, 0.2) is 18.2 Å². The summed E-state index contributed by atoms with van der Waals surface area (Å²) in [5, 5.41) is 8.99. The zero-order valence-corrected chi connectivity index (χ0v) is 9.03. The number of benzene rings is 1. The fraction of sp³-hybridized carbons (Fsp3) is 0. The first-order valence-corrected chi connectivity index (χ1v) is 6.26. The number of nitrogens with two attached hydrogens (primary N) is 1. The molecule has 0 spiro atoms. The van der Waals surface area contributed by atoms with Gasteiger partial charge in [0.1, 0.15) is 0 Å². The Hall–Kier alpha value is -0.112. The molecule has 0 unspecified atom stereocenters. The third-order valence-electron chi connectivity index (χ3n) is 1.12. The summed E-state index contributed by atoms with van der Waals surface area (Å²) in [6.07, 6.45) is 0. The average Bonchev–Trinajstić information content (AvgIpc) is 1.95. The van der Waals surface area contributed by atoms with E-state index in [2.05, 4.69) is 0 Å². The summed E-state index contributed by atoms with van der Waals surface area (Å²) in [7, 11) is 4.88. The number of nitrogen functional groups attached to an aromatic ring is 1. The SMILES string of the molecule is Cl.Nc1cc([As]=S)ccc1O. The summed E-state index contributed by atoms with van der Waals surface area (Å²) in [4.78, 5) is 0. The number of phenols is 1. The number of hydrogen-bond acceptors (Lipinski definition) is 3. The third kappa shape index (κ3) is 2.78. The molecule has 3 N–H and O–H groups in total. The van der Waals surface area contributed by atoms with E-state index in [0.717, 1.165) is 4.35 Å². The van der Waals surface area contributed by atoms with Gasteiger partial charge in [-0.05, 0) is 0 Å². The maximum absolute atomic E-state index is 8.99. The second-order valence-corrected chi connectivity index (χ2v) is 4.25. The van der Waals surface area contributed by atoms with E-state index in [0.29, 0.717) is 5.69 Å². The van der Waals surface area contributed by atoms with E-state index < -0.39 is 0 Å². The summed E-state index contributed by atoms with van der Waals surface area (Å²) >= 11 is -0.201. The molecule has 0 bridgehead atoms. The van der Waals surface area contributed by atoms with Crippen molar-refractivity contribution in [3.05, 3.63) is 18.2 Å². The first-order valence-electron chi connectivity index (χ1n) is 2.66. The number of rotatable bonds is 1. The molecule has 1 aromatic carbocycles. The van der Waals surface area contributed by atoms with Gasteiger partial charge >= 0.3 is 69.3 Å². The number of phenolic OH excluding ortho intramolecular Hbond substituents is 1. The van der Waals surface area contributed by atoms with Crippen molar-refractivity contribution in [2.45, 2.75) is 0 Å². The van der Waals surface area contributed by atoms with E-state index in [4.69, 9.17) is 21.2 Å². The summed E-state index contributed by atoms with van der Waals surface area (Å²) in [5.74, 6) is 0.133. The Labute approximate surface area is 81.7 Å². The van der Waals surface area contributed by atoms with Crippen LogP contribution in [0.25, 0.3) is 0 Å². The van der Waals surface area contributed by atoms with Crippen molar-refractivity contribution >= 4 is 46.9 Å². The van der Waals surface area contributed by atoms with Gasteiger partial charge in [0.05, 0.1) is 0 Å². The van der Waals surface area contributed by atoms with Gasteiger partial charge in [-0.15, -0.1) is 12.4 Å². The van der Waals surface area contributed by atoms with Crippen molar-refractivity contribution in [3.63, 3.8) is 0 Å². The second-order valence-electron chi connectivity index (χ2n) is 1.83. The van der Waals surface area contributed by atoms with Crippen molar-refractivity contribution in [2.75, 3.05) is 5.73 Å². The third-order valence-corrected chi connectivity index (χ3v) is 3.24. The van der Waals surface area contributed by atoms with Crippen molar-refractivity contribution in [3.8, 4) is 5.75 Å². The van der Waals surface area contributed by atoms with Crippen LogP contribution in [0, 0.1) is 0 Å². The van der Waals surface area contributed by atoms with Gasteiger partial charge in [0, 0.05) is 0 Å². The zero-order chi connectivity index (χ0) is 7.56.